The van der Waals surface area contributed by atoms with Gasteiger partial charge in [-0.15, -0.1) is 0 Å². The van der Waals surface area contributed by atoms with Gasteiger partial charge in [0.2, 0.25) is 5.91 Å². The molecule has 0 spiro atoms. The predicted octanol–water partition coefficient (Wildman–Crippen LogP) is 3.82. The summed E-state index contributed by atoms with van der Waals surface area (Å²) in [4.78, 5) is 11.5. The number of hydrogen-bond acceptors (Lipinski definition) is 1. The third-order valence-corrected chi connectivity index (χ3v) is 2.65. The lowest BCUT2D eigenvalue weighted by atomic mass is 10.1. The van der Waals surface area contributed by atoms with E-state index in [1.54, 1.807) is 0 Å². The fourth-order valence-corrected chi connectivity index (χ4v) is 1.54. The maximum Gasteiger partial charge on any atom is 0.246 e. The van der Waals surface area contributed by atoms with Crippen LogP contribution in [0, 0.1) is 0 Å². The Bertz CT molecular complexity index is 209. The molecule has 0 bridgehead atoms. The highest BCUT2D eigenvalue weighted by atomic mass is 16.1. The topological polar surface area (TPSA) is 29.1 Å². The second-order valence-electron chi connectivity index (χ2n) is 4.35. The zero-order chi connectivity index (χ0) is 12.2. The van der Waals surface area contributed by atoms with E-state index in [0.29, 0.717) is 0 Å². The van der Waals surface area contributed by atoms with E-state index in [1.807, 2.05) is 6.92 Å². The largest absolute Gasteiger partial charge is 0.352 e. The Morgan fingerprint density at radius 3 is 2.38 bits per heavy atom. The van der Waals surface area contributed by atoms with E-state index in [2.05, 4.69) is 25.2 Å². The highest BCUT2D eigenvalue weighted by Gasteiger charge is 2.01. The number of rotatable bonds is 9. The van der Waals surface area contributed by atoms with Crippen molar-refractivity contribution in [2.45, 2.75) is 65.7 Å². The number of hydrogen-bond donors (Lipinski definition) is 1. The van der Waals surface area contributed by atoms with Crippen LogP contribution in [0.15, 0.2) is 11.6 Å². The van der Waals surface area contributed by atoms with Gasteiger partial charge < -0.3 is 5.32 Å². The molecule has 0 saturated heterocycles. The summed E-state index contributed by atoms with van der Waals surface area (Å²) in [6, 6.07) is 0. The molecule has 0 aliphatic heterocycles. The number of nitrogens with one attached hydrogen (secondary N) is 1. The Kier molecular flexibility index (Phi) is 10.2. The minimum absolute atomic E-state index is 0.0930. The van der Waals surface area contributed by atoms with Gasteiger partial charge in [-0.3, -0.25) is 4.79 Å². The number of amides is 1. The minimum Gasteiger partial charge on any atom is -0.352 e. The highest BCUT2D eigenvalue weighted by Crippen LogP contribution is 2.07. The third-order valence-electron chi connectivity index (χ3n) is 2.65. The van der Waals surface area contributed by atoms with Crippen molar-refractivity contribution in [3.05, 3.63) is 11.6 Å². The molecule has 1 N–H and O–H groups in total. The molecule has 0 radical (unpaired) electrons. The van der Waals surface area contributed by atoms with Gasteiger partial charge in [0.05, 0.1) is 0 Å². The third kappa shape index (κ3) is 8.51. The standard InChI is InChI=1S/C14H27NO/c1-4-6-7-8-9-10-11-13(3)14(16)15-12-5-2/h11H,4-10,12H2,1-3H3,(H,15,16)/b13-11+. The Morgan fingerprint density at radius 1 is 1.06 bits per heavy atom. The van der Waals surface area contributed by atoms with E-state index in [-0.39, 0.29) is 5.91 Å². The Hall–Kier alpha value is -0.790. The van der Waals surface area contributed by atoms with Crippen LogP contribution in [0.4, 0.5) is 0 Å². The molecule has 0 aliphatic carbocycles. The molecule has 2 heteroatoms. The average Bonchev–Trinajstić information content (AvgIpc) is 2.30. The Morgan fingerprint density at radius 2 is 1.75 bits per heavy atom. The average molecular weight is 225 g/mol. The van der Waals surface area contributed by atoms with Gasteiger partial charge in [0.25, 0.3) is 0 Å². The second-order valence-corrected chi connectivity index (χ2v) is 4.35. The summed E-state index contributed by atoms with van der Waals surface area (Å²) in [7, 11) is 0. The zero-order valence-corrected chi connectivity index (χ0v) is 11.1. The van der Waals surface area contributed by atoms with Gasteiger partial charge in [-0.2, -0.15) is 0 Å². The summed E-state index contributed by atoms with van der Waals surface area (Å²) in [5, 5.41) is 2.89. The molecule has 1 amide bonds. The van der Waals surface area contributed by atoms with Crippen molar-refractivity contribution >= 4 is 5.91 Å². The normalized spacial score (nSPS) is 11.6. The van der Waals surface area contributed by atoms with E-state index in [9.17, 15) is 4.79 Å². The first kappa shape index (κ1) is 15.2. The number of unbranched alkanes of at least 4 members (excludes halogenated alkanes) is 5. The molecule has 0 unspecified atom stereocenters. The second kappa shape index (κ2) is 10.7. The van der Waals surface area contributed by atoms with Crippen LogP contribution < -0.4 is 5.32 Å². The monoisotopic (exact) mass is 225 g/mol. The quantitative estimate of drug-likeness (QED) is 0.469. The van der Waals surface area contributed by atoms with Gasteiger partial charge in [0.1, 0.15) is 0 Å². The van der Waals surface area contributed by atoms with E-state index in [1.165, 1.54) is 32.1 Å². The van der Waals surface area contributed by atoms with Gasteiger partial charge in [-0.1, -0.05) is 45.6 Å². The first-order valence-electron chi connectivity index (χ1n) is 6.67. The van der Waals surface area contributed by atoms with Crippen LogP contribution in [0.2, 0.25) is 0 Å². The van der Waals surface area contributed by atoms with Gasteiger partial charge in [-0.05, 0) is 26.2 Å². The molecular weight excluding hydrogens is 198 g/mol. The first-order chi connectivity index (χ1) is 7.72. The van der Waals surface area contributed by atoms with Crippen molar-refractivity contribution in [1.29, 1.82) is 0 Å². The van der Waals surface area contributed by atoms with Crippen molar-refractivity contribution < 1.29 is 4.79 Å². The van der Waals surface area contributed by atoms with Crippen molar-refractivity contribution in [1.82, 2.24) is 5.32 Å². The summed E-state index contributed by atoms with van der Waals surface area (Å²) < 4.78 is 0. The van der Waals surface area contributed by atoms with Crippen LogP contribution in [0.25, 0.3) is 0 Å². The lowest BCUT2D eigenvalue weighted by molar-refractivity contribution is -0.117. The predicted molar refractivity (Wildman–Crippen MR) is 70.4 cm³/mol. The van der Waals surface area contributed by atoms with E-state index < -0.39 is 0 Å². The van der Waals surface area contributed by atoms with Crippen LogP contribution in [-0.2, 0) is 4.79 Å². The molecule has 0 atom stereocenters. The number of carbonyl (C=O) groups is 1. The first-order valence-corrected chi connectivity index (χ1v) is 6.67. The summed E-state index contributed by atoms with van der Waals surface area (Å²) in [6.07, 6.45) is 10.5. The SMILES string of the molecule is CCCCCCC/C=C(\C)C(=O)NCCC. The fraction of sp³-hybridized carbons (Fsp3) is 0.786. The Labute approximate surface area is 101 Å². The number of carbonyl (C=O) groups excluding carboxylic acids is 1. The molecule has 94 valence electrons. The molecule has 0 aliphatic rings. The van der Waals surface area contributed by atoms with Crippen LogP contribution in [-0.4, -0.2) is 12.5 Å². The van der Waals surface area contributed by atoms with Crippen LogP contribution in [0.5, 0.6) is 0 Å². The maximum atomic E-state index is 11.5. The molecule has 0 aromatic rings. The molecule has 0 saturated carbocycles. The minimum atomic E-state index is 0.0930. The summed E-state index contributed by atoms with van der Waals surface area (Å²) in [5.74, 6) is 0.0930. The Balaban J connectivity index is 3.57. The van der Waals surface area contributed by atoms with Crippen molar-refractivity contribution in [2.24, 2.45) is 0 Å². The highest BCUT2D eigenvalue weighted by molar-refractivity contribution is 5.92. The van der Waals surface area contributed by atoms with Gasteiger partial charge in [0, 0.05) is 12.1 Å². The molecule has 0 heterocycles. The van der Waals surface area contributed by atoms with Gasteiger partial charge in [-0.25, -0.2) is 0 Å². The summed E-state index contributed by atoms with van der Waals surface area (Å²) in [5.41, 5.74) is 0.865. The zero-order valence-electron chi connectivity index (χ0n) is 11.1. The van der Waals surface area contributed by atoms with E-state index >= 15 is 0 Å². The maximum absolute atomic E-state index is 11.5. The van der Waals surface area contributed by atoms with E-state index in [0.717, 1.165) is 25.0 Å². The lowest BCUT2D eigenvalue weighted by Gasteiger charge is -2.03. The smallest absolute Gasteiger partial charge is 0.246 e. The molecule has 0 aromatic carbocycles. The molecule has 0 fully saturated rings. The van der Waals surface area contributed by atoms with Crippen molar-refractivity contribution in [2.75, 3.05) is 6.54 Å². The lowest BCUT2D eigenvalue weighted by Crippen LogP contribution is -2.24. The van der Waals surface area contributed by atoms with Crippen LogP contribution >= 0.6 is 0 Å². The van der Waals surface area contributed by atoms with Crippen molar-refractivity contribution in [3.8, 4) is 0 Å². The van der Waals surface area contributed by atoms with Crippen LogP contribution in [0.3, 0.4) is 0 Å². The molecule has 0 aromatic heterocycles. The summed E-state index contributed by atoms with van der Waals surface area (Å²) in [6.45, 7) is 6.97. The van der Waals surface area contributed by atoms with Crippen molar-refractivity contribution in [3.63, 3.8) is 0 Å². The molecule has 16 heavy (non-hydrogen) atoms. The van der Waals surface area contributed by atoms with Crippen LogP contribution in [0.1, 0.15) is 65.7 Å². The molecule has 0 rings (SSSR count). The molecular formula is C14H27NO. The fourth-order valence-electron chi connectivity index (χ4n) is 1.54. The van der Waals surface area contributed by atoms with Gasteiger partial charge in [0.15, 0.2) is 0 Å². The van der Waals surface area contributed by atoms with E-state index in [4.69, 9.17) is 0 Å². The summed E-state index contributed by atoms with van der Waals surface area (Å²) >= 11 is 0. The molecule has 2 nitrogen and oxygen atoms in total. The van der Waals surface area contributed by atoms with Gasteiger partial charge >= 0.3 is 0 Å². The number of allylic oxidation sites excluding steroid dienone is 1.